The van der Waals surface area contributed by atoms with Crippen LogP contribution in [0.4, 0.5) is 4.39 Å². The van der Waals surface area contributed by atoms with Gasteiger partial charge in [-0.15, -0.1) is 0 Å². The van der Waals surface area contributed by atoms with E-state index in [9.17, 15) is 19.1 Å². The Morgan fingerprint density at radius 2 is 1.74 bits per heavy atom. The normalized spacial score (nSPS) is 12.5. The van der Waals surface area contributed by atoms with Crippen LogP contribution in [0.25, 0.3) is 21.9 Å². The van der Waals surface area contributed by atoms with Crippen LogP contribution in [0.15, 0.2) is 90.5 Å². The van der Waals surface area contributed by atoms with Gasteiger partial charge in [-0.3, -0.25) is 4.79 Å². The molecule has 3 heterocycles. The van der Waals surface area contributed by atoms with Crippen LogP contribution in [0, 0.1) is 5.82 Å². The smallest absolute Gasteiger partial charge is 0.354 e. The first-order valence-corrected chi connectivity index (χ1v) is 11.4. The molecule has 174 valence electrons. The lowest BCUT2D eigenvalue weighted by atomic mass is 10.1. The van der Waals surface area contributed by atoms with Crippen LogP contribution in [-0.4, -0.2) is 16.5 Å². The monoisotopic (exact) mass is 489 g/mol. The zero-order valence-corrected chi connectivity index (χ0v) is 18.8. The molecular formula is C26H16FNO6S. The molecule has 5 aromatic rings. The van der Waals surface area contributed by atoms with E-state index in [1.165, 1.54) is 22.8 Å². The van der Waals surface area contributed by atoms with Gasteiger partial charge in [0.1, 0.15) is 16.1 Å². The van der Waals surface area contributed by atoms with Crippen molar-refractivity contribution in [3.8, 4) is 17.2 Å². The molecule has 0 atom stereocenters. The Labute approximate surface area is 201 Å². The van der Waals surface area contributed by atoms with Crippen LogP contribution in [-0.2, 0) is 6.54 Å². The van der Waals surface area contributed by atoms with Gasteiger partial charge in [-0.2, -0.15) is 0 Å². The maximum atomic E-state index is 13.7. The van der Waals surface area contributed by atoms with Crippen molar-refractivity contribution in [2.75, 3.05) is 6.79 Å². The second-order valence-electron chi connectivity index (χ2n) is 7.93. The molecule has 0 amide bonds. The Balaban J connectivity index is 1.65. The molecule has 0 bridgehead atoms. The van der Waals surface area contributed by atoms with Gasteiger partial charge < -0.3 is 23.6 Å². The molecule has 0 unspecified atom stereocenters. The largest absolute Gasteiger partial charge is 0.505 e. The fourth-order valence-electron chi connectivity index (χ4n) is 4.14. The number of halogens is 1. The average molecular weight is 489 g/mol. The highest BCUT2D eigenvalue weighted by atomic mass is 32.2. The first-order valence-electron chi connectivity index (χ1n) is 10.6. The second-order valence-corrected chi connectivity index (χ2v) is 9.01. The molecule has 35 heavy (non-hydrogen) atoms. The van der Waals surface area contributed by atoms with Crippen molar-refractivity contribution in [2.24, 2.45) is 0 Å². The predicted octanol–water partition coefficient (Wildman–Crippen LogP) is 4.88. The van der Waals surface area contributed by atoms with Crippen molar-refractivity contribution in [2.45, 2.75) is 16.3 Å². The Morgan fingerprint density at radius 1 is 0.971 bits per heavy atom. The number of nitrogens with zero attached hydrogens (tertiary/aromatic N) is 1. The Bertz CT molecular complexity index is 1750. The molecule has 2 aromatic heterocycles. The quantitative estimate of drug-likeness (QED) is 0.360. The Morgan fingerprint density at radius 3 is 2.51 bits per heavy atom. The van der Waals surface area contributed by atoms with E-state index in [1.54, 1.807) is 18.2 Å². The Kier molecular flexibility index (Phi) is 5.00. The highest BCUT2D eigenvalue weighted by Gasteiger charge is 2.25. The fourth-order valence-corrected chi connectivity index (χ4v) is 5.02. The number of rotatable bonds is 4. The molecule has 1 aliphatic rings. The highest BCUT2D eigenvalue weighted by molar-refractivity contribution is 7.99. The minimum Gasteiger partial charge on any atom is -0.505 e. The van der Waals surface area contributed by atoms with Gasteiger partial charge in [0.15, 0.2) is 22.8 Å². The van der Waals surface area contributed by atoms with Gasteiger partial charge in [-0.05, 0) is 29.8 Å². The van der Waals surface area contributed by atoms with Gasteiger partial charge in [0.2, 0.25) is 6.79 Å². The van der Waals surface area contributed by atoms with Crippen LogP contribution < -0.4 is 20.7 Å². The third-order valence-corrected chi connectivity index (χ3v) is 6.80. The number of pyridine rings is 1. The van der Waals surface area contributed by atoms with Crippen molar-refractivity contribution in [1.29, 1.82) is 0 Å². The van der Waals surface area contributed by atoms with Gasteiger partial charge in [-0.25, -0.2) is 9.18 Å². The standard InChI is InChI=1S/C26H16FNO6S/c27-15-7-4-8-16(9-15)35-24-22(29)21-23(34-26(24)31)17-10-19-20(33-13-32-19)11-18(17)28(25(21)30)12-14-5-2-1-3-6-14/h1-11,29H,12-13H2. The van der Waals surface area contributed by atoms with E-state index in [0.29, 0.717) is 27.3 Å². The zero-order chi connectivity index (χ0) is 24.1. The summed E-state index contributed by atoms with van der Waals surface area (Å²) in [4.78, 5) is 26.8. The lowest BCUT2D eigenvalue weighted by molar-refractivity contribution is 0.174. The van der Waals surface area contributed by atoms with E-state index in [1.807, 2.05) is 30.3 Å². The second kappa shape index (κ2) is 8.21. The van der Waals surface area contributed by atoms with Crippen molar-refractivity contribution < 1.29 is 23.4 Å². The highest BCUT2D eigenvalue weighted by Crippen LogP contribution is 2.41. The number of ether oxygens (including phenoxy) is 2. The molecule has 0 saturated heterocycles. The van der Waals surface area contributed by atoms with Gasteiger partial charge in [0.25, 0.3) is 5.56 Å². The number of hydrogen-bond donors (Lipinski definition) is 1. The van der Waals surface area contributed by atoms with Crippen molar-refractivity contribution in [1.82, 2.24) is 4.57 Å². The average Bonchev–Trinajstić information content (AvgIpc) is 3.31. The summed E-state index contributed by atoms with van der Waals surface area (Å²) in [6.45, 7) is 0.229. The molecule has 1 N–H and O–H groups in total. The van der Waals surface area contributed by atoms with Gasteiger partial charge >= 0.3 is 5.63 Å². The summed E-state index contributed by atoms with van der Waals surface area (Å²) < 4.78 is 31.7. The summed E-state index contributed by atoms with van der Waals surface area (Å²) in [5.74, 6) is -0.115. The third-order valence-electron chi connectivity index (χ3n) is 5.74. The van der Waals surface area contributed by atoms with Crippen LogP contribution in [0.2, 0.25) is 0 Å². The van der Waals surface area contributed by atoms with Crippen LogP contribution in [0.3, 0.4) is 0 Å². The molecule has 1 aliphatic heterocycles. The van der Waals surface area contributed by atoms with E-state index < -0.39 is 22.8 Å². The van der Waals surface area contributed by atoms with Gasteiger partial charge in [0, 0.05) is 16.3 Å². The van der Waals surface area contributed by atoms with E-state index in [2.05, 4.69) is 0 Å². The first kappa shape index (κ1) is 21.3. The fraction of sp³-hybridized carbons (Fsp3) is 0.0769. The topological polar surface area (TPSA) is 90.9 Å². The number of hydrogen-bond acceptors (Lipinski definition) is 7. The van der Waals surface area contributed by atoms with Crippen LogP contribution in [0.5, 0.6) is 17.2 Å². The van der Waals surface area contributed by atoms with Crippen LogP contribution >= 0.6 is 11.8 Å². The van der Waals surface area contributed by atoms with E-state index in [-0.39, 0.29) is 29.2 Å². The first-order chi connectivity index (χ1) is 17.0. The van der Waals surface area contributed by atoms with Crippen molar-refractivity contribution >= 4 is 33.6 Å². The van der Waals surface area contributed by atoms with E-state index >= 15 is 0 Å². The summed E-state index contributed by atoms with van der Waals surface area (Å²) in [5.41, 5.74) is -0.123. The maximum Gasteiger partial charge on any atom is 0.354 e. The number of benzene rings is 3. The molecule has 0 radical (unpaired) electrons. The SMILES string of the molecule is O=c1oc2c(c(O)c1Sc1cccc(F)c1)c(=O)n(Cc1ccccc1)c1cc3c(cc21)OCO3. The Hall–Kier alpha value is -4.24. The summed E-state index contributed by atoms with van der Waals surface area (Å²) in [6.07, 6.45) is 0. The molecule has 0 fully saturated rings. The third kappa shape index (κ3) is 3.60. The molecule has 9 heteroatoms. The number of fused-ring (bicyclic) bond motifs is 4. The minimum absolute atomic E-state index is 0.0239. The summed E-state index contributed by atoms with van der Waals surface area (Å²) >= 11 is 0.825. The lowest BCUT2D eigenvalue weighted by Gasteiger charge is -2.15. The summed E-state index contributed by atoms with van der Waals surface area (Å²) in [7, 11) is 0. The van der Waals surface area contributed by atoms with Crippen molar-refractivity contribution in [3.63, 3.8) is 0 Å². The maximum absolute atomic E-state index is 13.7. The molecule has 7 nitrogen and oxygen atoms in total. The molecule has 3 aromatic carbocycles. The van der Waals surface area contributed by atoms with E-state index in [0.717, 1.165) is 17.3 Å². The lowest BCUT2D eigenvalue weighted by Crippen LogP contribution is -2.22. The van der Waals surface area contributed by atoms with E-state index in [4.69, 9.17) is 13.9 Å². The van der Waals surface area contributed by atoms with Crippen LogP contribution in [0.1, 0.15) is 5.56 Å². The summed E-state index contributed by atoms with van der Waals surface area (Å²) in [5, 5.41) is 11.4. The predicted molar refractivity (Wildman–Crippen MR) is 128 cm³/mol. The summed E-state index contributed by atoms with van der Waals surface area (Å²) in [6, 6.07) is 18.2. The number of aromatic nitrogens is 1. The molecular weight excluding hydrogens is 473 g/mol. The molecule has 0 aliphatic carbocycles. The molecule has 0 saturated carbocycles. The van der Waals surface area contributed by atoms with Gasteiger partial charge in [-0.1, -0.05) is 48.2 Å². The minimum atomic E-state index is -0.844. The number of aromatic hydroxyl groups is 1. The van der Waals surface area contributed by atoms with Gasteiger partial charge in [0.05, 0.1) is 12.1 Å². The zero-order valence-electron chi connectivity index (χ0n) is 18.0. The van der Waals surface area contributed by atoms with Crippen molar-refractivity contribution in [3.05, 3.63) is 98.9 Å². The molecule has 0 spiro atoms. The molecule has 6 rings (SSSR count).